The number of alkyl halides is 3. The van der Waals surface area contributed by atoms with Crippen LogP contribution < -0.4 is 10.6 Å². The zero-order valence-electron chi connectivity index (χ0n) is 17.0. The van der Waals surface area contributed by atoms with E-state index in [4.69, 9.17) is 0 Å². The van der Waals surface area contributed by atoms with Gasteiger partial charge in [0.05, 0.1) is 11.9 Å². The molecule has 0 radical (unpaired) electrons. The number of urea groups is 1. The molecule has 7 nitrogen and oxygen atoms in total. The van der Waals surface area contributed by atoms with E-state index in [0.29, 0.717) is 5.69 Å². The molecular formula is C22H19F3N6O. The highest BCUT2D eigenvalue weighted by Crippen LogP contribution is 2.24. The standard InChI is InChI=1S/C22H19F3N6O/c1-30-10-8-26-19(30)6-5-15-7-9-31-18(13-27-20(31)11-15)16-3-2-4-17(12-16)29-21(32)28-14-22(23,24)25/h2-13H,14H2,1H3,(H2,28,29,32). The van der Waals surface area contributed by atoms with Crippen molar-refractivity contribution in [3.63, 3.8) is 0 Å². The van der Waals surface area contributed by atoms with Gasteiger partial charge in [0.1, 0.15) is 18.0 Å². The number of nitrogens with one attached hydrogen (secondary N) is 2. The number of halogens is 3. The molecule has 0 spiro atoms. The second-order valence-electron chi connectivity index (χ2n) is 7.07. The molecule has 1 aromatic carbocycles. The first-order chi connectivity index (χ1) is 15.3. The summed E-state index contributed by atoms with van der Waals surface area (Å²) in [6, 6.07) is 9.74. The lowest BCUT2D eigenvalue weighted by molar-refractivity contribution is -0.122. The van der Waals surface area contributed by atoms with Crippen LogP contribution in [0.25, 0.3) is 29.1 Å². The minimum Gasteiger partial charge on any atom is -0.335 e. The van der Waals surface area contributed by atoms with Crippen molar-refractivity contribution >= 4 is 29.5 Å². The van der Waals surface area contributed by atoms with E-state index >= 15 is 0 Å². The number of carbonyl (C=O) groups is 1. The molecule has 0 aliphatic heterocycles. The molecule has 0 aliphatic rings. The van der Waals surface area contributed by atoms with Gasteiger partial charge in [0, 0.05) is 36.9 Å². The van der Waals surface area contributed by atoms with Crippen LogP contribution in [0, 0.1) is 0 Å². The molecule has 0 fully saturated rings. The molecular weight excluding hydrogens is 421 g/mol. The molecule has 0 aliphatic carbocycles. The Labute approximate surface area is 181 Å². The maximum absolute atomic E-state index is 12.3. The number of pyridine rings is 1. The number of anilines is 1. The van der Waals surface area contributed by atoms with E-state index in [1.807, 2.05) is 58.8 Å². The molecule has 32 heavy (non-hydrogen) atoms. The molecule has 2 amide bonds. The predicted molar refractivity (Wildman–Crippen MR) is 116 cm³/mol. The lowest BCUT2D eigenvalue weighted by Gasteiger charge is -2.10. The monoisotopic (exact) mass is 440 g/mol. The van der Waals surface area contributed by atoms with Gasteiger partial charge in [-0.25, -0.2) is 14.8 Å². The number of nitrogens with zero attached hydrogens (tertiary/aromatic N) is 4. The Bertz CT molecular complexity index is 1290. The van der Waals surface area contributed by atoms with Gasteiger partial charge >= 0.3 is 12.2 Å². The summed E-state index contributed by atoms with van der Waals surface area (Å²) in [6.07, 6.45) is 6.56. The number of fused-ring (bicyclic) bond motifs is 1. The van der Waals surface area contributed by atoms with Crippen LogP contribution in [0.3, 0.4) is 0 Å². The highest BCUT2D eigenvalue weighted by molar-refractivity contribution is 5.90. The summed E-state index contributed by atoms with van der Waals surface area (Å²) in [5.74, 6) is 0.831. The number of hydrogen-bond acceptors (Lipinski definition) is 3. The molecule has 4 aromatic rings. The van der Waals surface area contributed by atoms with Crippen molar-refractivity contribution in [2.45, 2.75) is 6.18 Å². The van der Waals surface area contributed by atoms with Crippen LogP contribution in [0.15, 0.2) is 61.2 Å². The summed E-state index contributed by atoms with van der Waals surface area (Å²) < 4.78 is 40.6. The molecule has 4 rings (SSSR count). The first-order valence-electron chi connectivity index (χ1n) is 9.63. The molecule has 0 bridgehead atoms. The molecule has 164 valence electrons. The Morgan fingerprint density at radius 3 is 2.72 bits per heavy atom. The van der Waals surface area contributed by atoms with Crippen molar-refractivity contribution in [3.05, 3.63) is 72.6 Å². The Balaban J connectivity index is 1.52. The van der Waals surface area contributed by atoms with Gasteiger partial charge in [-0.05, 0) is 35.9 Å². The summed E-state index contributed by atoms with van der Waals surface area (Å²) in [5, 5.41) is 4.19. The molecule has 10 heteroatoms. The number of carbonyl (C=O) groups excluding carboxylic acids is 1. The van der Waals surface area contributed by atoms with Crippen molar-refractivity contribution in [3.8, 4) is 11.3 Å². The molecule has 0 saturated heterocycles. The highest BCUT2D eigenvalue weighted by Gasteiger charge is 2.27. The van der Waals surface area contributed by atoms with Crippen molar-refractivity contribution < 1.29 is 18.0 Å². The zero-order chi connectivity index (χ0) is 22.7. The number of imidazole rings is 2. The number of benzene rings is 1. The van der Waals surface area contributed by atoms with Gasteiger partial charge in [-0.1, -0.05) is 18.2 Å². The number of hydrogen-bond donors (Lipinski definition) is 2. The maximum atomic E-state index is 12.3. The minimum absolute atomic E-state index is 0.367. The normalized spacial score (nSPS) is 11.9. The summed E-state index contributed by atoms with van der Waals surface area (Å²) >= 11 is 0. The first kappa shape index (κ1) is 21.2. The van der Waals surface area contributed by atoms with E-state index in [2.05, 4.69) is 15.3 Å². The van der Waals surface area contributed by atoms with Gasteiger partial charge in [-0.2, -0.15) is 13.2 Å². The van der Waals surface area contributed by atoms with E-state index < -0.39 is 18.8 Å². The fourth-order valence-electron chi connectivity index (χ4n) is 3.13. The van der Waals surface area contributed by atoms with E-state index in [9.17, 15) is 18.0 Å². The van der Waals surface area contributed by atoms with E-state index in [1.54, 1.807) is 35.9 Å². The van der Waals surface area contributed by atoms with Crippen molar-refractivity contribution in [1.29, 1.82) is 0 Å². The third-order valence-electron chi connectivity index (χ3n) is 4.69. The van der Waals surface area contributed by atoms with Gasteiger partial charge in [0.2, 0.25) is 0 Å². The zero-order valence-corrected chi connectivity index (χ0v) is 17.0. The first-order valence-corrected chi connectivity index (χ1v) is 9.63. The largest absolute Gasteiger partial charge is 0.405 e. The Kier molecular flexibility index (Phi) is 5.67. The minimum atomic E-state index is -4.47. The molecule has 2 N–H and O–H groups in total. The highest BCUT2D eigenvalue weighted by atomic mass is 19.4. The van der Waals surface area contributed by atoms with Crippen molar-refractivity contribution in [2.24, 2.45) is 7.05 Å². The second kappa shape index (κ2) is 8.58. The van der Waals surface area contributed by atoms with Gasteiger partial charge in [-0.15, -0.1) is 0 Å². The Morgan fingerprint density at radius 2 is 1.97 bits per heavy atom. The van der Waals surface area contributed by atoms with E-state index in [1.165, 1.54) is 0 Å². The SMILES string of the molecule is Cn1ccnc1C=Cc1ccn2c(-c3cccc(NC(=O)NCC(F)(F)F)c3)cnc2c1. The van der Waals surface area contributed by atoms with Crippen LogP contribution in [0.5, 0.6) is 0 Å². The predicted octanol–water partition coefficient (Wildman–Crippen LogP) is 4.59. The number of amides is 2. The van der Waals surface area contributed by atoms with Crippen molar-refractivity contribution in [2.75, 3.05) is 11.9 Å². The fourth-order valence-corrected chi connectivity index (χ4v) is 3.13. The second-order valence-corrected chi connectivity index (χ2v) is 7.07. The van der Waals surface area contributed by atoms with E-state index in [0.717, 1.165) is 28.3 Å². The third kappa shape index (κ3) is 4.97. The van der Waals surface area contributed by atoms with Gasteiger partial charge in [0.15, 0.2) is 0 Å². The molecule has 3 aromatic heterocycles. The molecule has 0 saturated carbocycles. The Morgan fingerprint density at radius 1 is 1.12 bits per heavy atom. The summed E-state index contributed by atoms with van der Waals surface area (Å²) in [5.41, 5.74) is 3.57. The van der Waals surface area contributed by atoms with Crippen LogP contribution in [0.1, 0.15) is 11.4 Å². The Hall–Kier alpha value is -4.08. The van der Waals surface area contributed by atoms with Gasteiger partial charge < -0.3 is 15.2 Å². The third-order valence-corrected chi connectivity index (χ3v) is 4.69. The average molecular weight is 440 g/mol. The van der Waals surface area contributed by atoms with Crippen LogP contribution in [-0.4, -0.2) is 37.7 Å². The maximum Gasteiger partial charge on any atom is 0.405 e. The lowest BCUT2D eigenvalue weighted by atomic mass is 10.1. The van der Waals surface area contributed by atoms with Gasteiger partial charge in [0.25, 0.3) is 0 Å². The van der Waals surface area contributed by atoms with Crippen LogP contribution in [0.2, 0.25) is 0 Å². The van der Waals surface area contributed by atoms with Crippen LogP contribution in [-0.2, 0) is 7.05 Å². The number of aromatic nitrogens is 4. The smallest absolute Gasteiger partial charge is 0.335 e. The quantitative estimate of drug-likeness (QED) is 0.477. The summed E-state index contributed by atoms with van der Waals surface area (Å²) in [4.78, 5) is 20.4. The number of rotatable bonds is 5. The summed E-state index contributed by atoms with van der Waals surface area (Å²) in [6.45, 7) is -1.40. The van der Waals surface area contributed by atoms with Crippen LogP contribution in [0.4, 0.5) is 23.7 Å². The lowest BCUT2D eigenvalue weighted by Crippen LogP contribution is -2.36. The average Bonchev–Trinajstić information content (AvgIpc) is 3.36. The topological polar surface area (TPSA) is 76.2 Å². The van der Waals surface area contributed by atoms with Crippen molar-refractivity contribution in [1.82, 2.24) is 24.3 Å². The van der Waals surface area contributed by atoms with Crippen LogP contribution >= 0.6 is 0 Å². The summed E-state index contributed by atoms with van der Waals surface area (Å²) in [7, 11) is 1.92. The molecule has 0 unspecified atom stereocenters. The van der Waals surface area contributed by atoms with Gasteiger partial charge in [-0.3, -0.25) is 4.40 Å². The molecule has 3 heterocycles. The molecule has 0 atom stereocenters. The fraction of sp³-hybridized carbons (Fsp3) is 0.136. The number of aryl methyl sites for hydroxylation is 1. The van der Waals surface area contributed by atoms with E-state index in [-0.39, 0.29) is 0 Å².